The van der Waals surface area contributed by atoms with E-state index in [0.29, 0.717) is 12.2 Å². The Balaban J connectivity index is 0.00000300. The van der Waals surface area contributed by atoms with Crippen LogP contribution in [0.5, 0.6) is 5.75 Å². The van der Waals surface area contributed by atoms with Crippen LogP contribution in [0, 0.1) is 4.91 Å². The molecule has 0 saturated carbocycles. The third-order valence-electron chi connectivity index (χ3n) is 5.48. The number of benzene rings is 2. The average molecular weight is 439 g/mol. The maximum atomic E-state index is 12.7. The minimum absolute atomic E-state index is 0. The molecule has 1 fully saturated rings. The molecule has 2 aromatic rings. The van der Waals surface area contributed by atoms with E-state index < -0.39 is 5.92 Å². The first kappa shape index (κ1) is 23.4. The van der Waals surface area contributed by atoms with Crippen LogP contribution in [-0.4, -0.2) is 37.5 Å². The minimum atomic E-state index is -0.444. The molecule has 8 heteroatoms. The Labute approximate surface area is 181 Å². The maximum absolute atomic E-state index is 12.7. The zero-order chi connectivity index (χ0) is 20.0. The predicted octanol–water partition coefficient (Wildman–Crippen LogP) is 4.84. The molecule has 1 heterocycles. The Morgan fingerprint density at radius 2 is 1.97 bits per heavy atom. The molecule has 1 aliphatic rings. The highest BCUT2D eigenvalue weighted by Crippen LogP contribution is 2.38. The third-order valence-corrected chi connectivity index (χ3v) is 6.56. The molecule has 0 bridgehead atoms. The van der Waals surface area contributed by atoms with Gasteiger partial charge in [-0.15, -0.1) is 17.3 Å². The van der Waals surface area contributed by atoms with Crippen molar-refractivity contribution in [2.24, 2.45) is 4.58 Å². The number of esters is 1. The van der Waals surface area contributed by atoms with Crippen LogP contribution in [-0.2, 0) is 9.53 Å². The minimum Gasteiger partial charge on any atom is -0.496 e. The van der Waals surface area contributed by atoms with E-state index >= 15 is 0 Å². The van der Waals surface area contributed by atoms with Gasteiger partial charge in [0.05, 0.1) is 19.6 Å². The van der Waals surface area contributed by atoms with Gasteiger partial charge in [0.2, 0.25) is 0 Å². The molecule has 0 amide bonds. The Morgan fingerprint density at radius 3 is 2.66 bits per heavy atom. The monoisotopic (exact) mass is 438 g/mol. The van der Waals surface area contributed by atoms with Gasteiger partial charge in [-0.2, -0.15) is 0 Å². The molecule has 0 aliphatic carbocycles. The van der Waals surface area contributed by atoms with Gasteiger partial charge in [-0.3, -0.25) is 4.79 Å². The Kier molecular flexibility index (Phi) is 8.74. The summed E-state index contributed by atoms with van der Waals surface area (Å²) >= 11 is 1.08. The van der Waals surface area contributed by atoms with Crippen LogP contribution in [0.25, 0.3) is 10.8 Å². The van der Waals surface area contributed by atoms with E-state index in [9.17, 15) is 9.70 Å². The number of ether oxygens (including phenoxy) is 2. The van der Waals surface area contributed by atoms with Gasteiger partial charge >= 0.3 is 5.97 Å². The van der Waals surface area contributed by atoms with Gasteiger partial charge in [-0.1, -0.05) is 36.4 Å². The fourth-order valence-electron chi connectivity index (χ4n) is 3.77. The quantitative estimate of drug-likeness (QED) is 0.361. The first-order chi connectivity index (χ1) is 13.6. The normalized spacial score (nSPS) is 16.5. The van der Waals surface area contributed by atoms with E-state index in [4.69, 9.17) is 9.47 Å². The zero-order valence-corrected chi connectivity index (χ0v) is 18.3. The Morgan fingerprint density at radius 1 is 1.24 bits per heavy atom. The summed E-state index contributed by atoms with van der Waals surface area (Å²) < 4.78 is 14.0. The maximum Gasteiger partial charge on any atom is 0.313 e. The van der Waals surface area contributed by atoms with Gasteiger partial charge in [-0.25, -0.2) is 0 Å². The molecule has 1 N–H and O–H groups in total. The molecular weight excluding hydrogens is 412 g/mol. The summed E-state index contributed by atoms with van der Waals surface area (Å²) in [6.07, 6.45) is 2.31. The number of rotatable bonds is 8. The van der Waals surface area contributed by atoms with Crippen LogP contribution in [0.4, 0.5) is 0 Å². The molecule has 29 heavy (non-hydrogen) atoms. The fraction of sp³-hybridized carbons (Fsp3) is 0.476. The van der Waals surface area contributed by atoms with E-state index in [2.05, 4.69) is 9.90 Å². The molecule has 0 spiro atoms. The number of carbonyl (C=O) groups excluding carboxylic acids is 1. The highest BCUT2D eigenvalue weighted by molar-refractivity contribution is 7.99. The lowest BCUT2D eigenvalue weighted by molar-refractivity contribution is -0.145. The Bertz CT molecular complexity index is 843. The topological polar surface area (TPSA) is 77.0 Å². The van der Waals surface area contributed by atoms with Gasteiger partial charge < -0.3 is 14.8 Å². The smallest absolute Gasteiger partial charge is 0.313 e. The molecule has 0 aromatic heterocycles. The second-order valence-electron chi connectivity index (χ2n) is 7.15. The molecule has 1 atom stereocenters. The summed E-state index contributed by atoms with van der Waals surface area (Å²) in [5.41, 5.74) is 0.812. The van der Waals surface area contributed by atoms with E-state index in [1.165, 1.54) is 0 Å². The van der Waals surface area contributed by atoms with Crippen LogP contribution in [0.15, 0.2) is 41.0 Å². The van der Waals surface area contributed by atoms with Crippen LogP contribution in [0.1, 0.15) is 37.7 Å². The van der Waals surface area contributed by atoms with Crippen LogP contribution < -0.4 is 10.1 Å². The molecule has 1 aliphatic heterocycles. The summed E-state index contributed by atoms with van der Waals surface area (Å²) in [6, 6.07) is 11.8. The number of fused-ring (bicyclic) bond motifs is 1. The highest BCUT2D eigenvalue weighted by atomic mass is 35.5. The van der Waals surface area contributed by atoms with Crippen molar-refractivity contribution in [2.75, 3.05) is 26.8 Å². The van der Waals surface area contributed by atoms with Crippen molar-refractivity contribution in [3.63, 3.8) is 0 Å². The van der Waals surface area contributed by atoms with Crippen molar-refractivity contribution in [2.45, 2.75) is 36.9 Å². The number of piperidine rings is 1. The average Bonchev–Trinajstić information content (AvgIpc) is 2.73. The SMILES string of the molecule is COc1c([C@H](C)C(=O)OCCC2(SN=O)CCNCC2)ccc2ccccc12.Cl. The number of nitrogens with one attached hydrogen (secondary N) is 1. The molecule has 3 rings (SSSR count). The molecule has 0 unspecified atom stereocenters. The standard InChI is InChI=1S/C21H26N2O4S.ClH/c1-15(17-8-7-16-5-3-4-6-18(16)19(17)26-2)20(24)27-14-11-21(28-23-25)9-12-22-13-10-21;/h3-8,15,22H,9-14H2,1-2H3;1H/t15-;/m0./s1. The lowest BCUT2D eigenvalue weighted by Crippen LogP contribution is -2.40. The van der Waals surface area contributed by atoms with E-state index in [-0.39, 0.29) is 29.7 Å². The number of hydrogen-bond donors (Lipinski definition) is 1. The van der Waals surface area contributed by atoms with Gasteiger partial charge in [0, 0.05) is 32.2 Å². The summed E-state index contributed by atoms with van der Waals surface area (Å²) in [6.45, 7) is 3.81. The first-order valence-electron chi connectivity index (χ1n) is 9.54. The largest absolute Gasteiger partial charge is 0.496 e. The second kappa shape index (κ2) is 10.8. The van der Waals surface area contributed by atoms with Crippen molar-refractivity contribution in [3.05, 3.63) is 46.9 Å². The summed E-state index contributed by atoms with van der Waals surface area (Å²) in [7, 11) is 1.62. The van der Waals surface area contributed by atoms with E-state index in [1.54, 1.807) is 7.11 Å². The molecule has 1 saturated heterocycles. The predicted molar refractivity (Wildman–Crippen MR) is 120 cm³/mol. The number of halogens is 1. The van der Waals surface area contributed by atoms with Crippen molar-refractivity contribution >= 4 is 41.1 Å². The van der Waals surface area contributed by atoms with Gasteiger partial charge in [0.1, 0.15) is 5.75 Å². The van der Waals surface area contributed by atoms with Crippen LogP contribution in [0.3, 0.4) is 0 Å². The highest BCUT2D eigenvalue weighted by Gasteiger charge is 2.34. The molecule has 158 valence electrons. The van der Waals surface area contributed by atoms with Gasteiger partial charge in [0.15, 0.2) is 0 Å². The van der Waals surface area contributed by atoms with Crippen LogP contribution >= 0.6 is 24.4 Å². The lowest BCUT2D eigenvalue weighted by atomic mass is 9.93. The van der Waals surface area contributed by atoms with Gasteiger partial charge in [-0.05, 0) is 44.7 Å². The van der Waals surface area contributed by atoms with Crippen LogP contribution in [0.2, 0.25) is 0 Å². The third kappa shape index (κ3) is 5.41. The van der Waals surface area contributed by atoms with E-state index in [1.807, 2.05) is 43.3 Å². The Hall–Kier alpha value is -1.83. The second-order valence-corrected chi connectivity index (χ2v) is 8.34. The number of methoxy groups -OCH3 is 1. The van der Waals surface area contributed by atoms with Crippen molar-refractivity contribution in [1.29, 1.82) is 0 Å². The number of nitroso groups, excluding NO2 is 1. The summed E-state index contributed by atoms with van der Waals surface area (Å²) in [5, 5.41) is 5.33. The van der Waals surface area contributed by atoms with Gasteiger partial charge in [0.25, 0.3) is 0 Å². The summed E-state index contributed by atoms with van der Waals surface area (Å²) in [4.78, 5) is 23.5. The summed E-state index contributed by atoms with van der Waals surface area (Å²) in [5.74, 6) is -0.0276. The molecule has 2 aromatic carbocycles. The number of carbonyl (C=O) groups is 1. The molecular formula is C21H27ClN2O4S. The first-order valence-corrected chi connectivity index (χ1v) is 10.3. The number of hydrogen-bond acceptors (Lipinski definition) is 7. The molecule has 6 nitrogen and oxygen atoms in total. The van der Waals surface area contributed by atoms with E-state index in [0.717, 1.165) is 54.2 Å². The van der Waals surface area contributed by atoms with Crippen molar-refractivity contribution in [3.8, 4) is 5.75 Å². The fourth-order valence-corrected chi connectivity index (χ4v) is 4.49. The van der Waals surface area contributed by atoms with Crippen molar-refractivity contribution in [1.82, 2.24) is 5.32 Å². The van der Waals surface area contributed by atoms with Crippen molar-refractivity contribution < 1.29 is 14.3 Å². The molecule has 0 radical (unpaired) electrons. The zero-order valence-electron chi connectivity index (χ0n) is 16.7. The lowest BCUT2D eigenvalue weighted by Gasteiger charge is -2.34. The number of nitrogens with zero attached hydrogens (tertiary/aromatic N) is 1.